The molecule has 7 nitrogen and oxygen atoms in total. The number of nitrogens with one attached hydrogen (secondary N) is 1. The summed E-state index contributed by atoms with van der Waals surface area (Å²) in [6.45, 7) is 4.15. The van der Waals surface area contributed by atoms with Gasteiger partial charge in [-0.25, -0.2) is 4.98 Å². The summed E-state index contributed by atoms with van der Waals surface area (Å²) >= 11 is 0. The molecule has 124 valence electrons. The molecule has 7 heteroatoms. The smallest absolute Gasteiger partial charge is 0.263 e. The van der Waals surface area contributed by atoms with Crippen molar-refractivity contribution in [3.05, 3.63) is 58.3 Å². The molecular weight excluding hydrogens is 308 g/mol. The van der Waals surface area contributed by atoms with Gasteiger partial charge in [-0.3, -0.25) is 14.4 Å². The second kappa shape index (κ2) is 6.27. The molecule has 1 fully saturated rings. The van der Waals surface area contributed by atoms with Crippen LogP contribution < -0.4 is 10.5 Å². The van der Waals surface area contributed by atoms with Crippen molar-refractivity contribution in [2.75, 3.05) is 18.0 Å². The Morgan fingerprint density at radius 1 is 1.25 bits per heavy atom. The zero-order valence-electron chi connectivity index (χ0n) is 13.5. The number of aryl methyl sites for hydroxylation is 1. The van der Waals surface area contributed by atoms with Gasteiger partial charge in [-0.15, -0.1) is 0 Å². The van der Waals surface area contributed by atoms with Crippen molar-refractivity contribution in [1.82, 2.24) is 14.9 Å². The summed E-state index contributed by atoms with van der Waals surface area (Å²) in [6, 6.07) is 7.46. The summed E-state index contributed by atoms with van der Waals surface area (Å²) in [5.41, 5.74) is 1.36. The summed E-state index contributed by atoms with van der Waals surface area (Å²) < 4.78 is 0. The number of nitrogens with zero attached hydrogens (tertiary/aromatic N) is 3. The van der Waals surface area contributed by atoms with Gasteiger partial charge in [-0.05, 0) is 26.0 Å². The van der Waals surface area contributed by atoms with Crippen molar-refractivity contribution in [3.8, 4) is 0 Å². The lowest BCUT2D eigenvalue weighted by molar-refractivity contribution is -0.121. The Hall–Kier alpha value is -2.96. The standard InChI is InChI=1S/C17H18N4O3/c1-11-3-5-13(6-4-11)21-8-12(2)20(9-15(21)22)17(24)14-7-18-10-19-16(14)23/h3-7,10,12H,8-9H2,1-2H3,(H,18,19,23)/t12-/m0/s1. The zero-order chi connectivity index (χ0) is 17.3. The highest BCUT2D eigenvalue weighted by molar-refractivity contribution is 6.01. The number of piperazine rings is 1. The maximum Gasteiger partial charge on any atom is 0.263 e. The van der Waals surface area contributed by atoms with Gasteiger partial charge in [0, 0.05) is 24.5 Å². The van der Waals surface area contributed by atoms with E-state index in [0.717, 1.165) is 11.3 Å². The third-order valence-corrected chi connectivity index (χ3v) is 4.14. The Kier molecular flexibility index (Phi) is 4.16. The maximum atomic E-state index is 12.6. The maximum absolute atomic E-state index is 12.6. The van der Waals surface area contributed by atoms with Crippen LogP contribution in [0, 0.1) is 6.92 Å². The van der Waals surface area contributed by atoms with Crippen molar-refractivity contribution in [2.24, 2.45) is 0 Å². The van der Waals surface area contributed by atoms with E-state index in [1.807, 2.05) is 38.1 Å². The quantitative estimate of drug-likeness (QED) is 0.890. The van der Waals surface area contributed by atoms with Crippen LogP contribution in [0.4, 0.5) is 5.69 Å². The zero-order valence-corrected chi connectivity index (χ0v) is 13.5. The minimum atomic E-state index is -0.504. The second-order valence-corrected chi connectivity index (χ2v) is 5.92. The average molecular weight is 326 g/mol. The molecule has 0 spiro atoms. The Labute approximate surface area is 138 Å². The minimum Gasteiger partial charge on any atom is -0.325 e. The van der Waals surface area contributed by atoms with Gasteiger partial charge in [-0.2, -0.15) is 0 Å². The molecule has 1 aliphatic heterocycles. The van der Waals surface area contributed by atoms with Crippen LogP contribution in [0.1, 0.15) is 22.8 Å². The number of benzene rings is 1. The van der Waals surface area contributed by atoms with Crippen LogP contribution in [0.2, 0.25) is 0 Å². The molecule has 24 heavy (non-hydrogen) atoms. The van der Waals surface area contributed by atoms with Crippen molar-refractivity contribution in [2.45, 2.75) is 19.9 Å². The number of aromatic amines is 1. The summed E-state index contributed by atoms with van der Waals surface area (Å²) in [5.74, 6) is -0.653. The van der Waals surface area contributed by atoms with E-state index in [-0.39, 0.29) is 24.1 Å². The highest BCUT2D eigenvalue weighted by Crippen LogP contribution is 2.21. The van der Waals surface area contributed by atoms with Crippen LogP contribution in [-0.4, -0.2) is 45.8 Å². The van der Waals surface area contributed by atoms with E-state index < -0.39 is 11.5 Å². The van der Waals surface area contributed by atoms with Gasteiger partial charge >= 0.3 is 0 Å². The number of carbonyl (C=O) groups is 2. The van der Waals surface area contributed by atoms with Gasteiger partial charge < -0.3 is 14.8 Å². The number of rotatable bonds is 2. The van der Waals surface area contributed by atoms with Crippen molar-refractivity contribution >= 4 is 17.5 Å². The molecule has 1 aromatic heterocycles. The number of hydrogen-bond acceptors (Lipinski definition) is 4. The van der Waals surface area contributed by atoms with E-state index >= 15 is 0 Å². The number of aromatic nitrogens is 2. The summed E-state index contributed by atoms with van der Waals surface area (Å²) in [4.78, 5) is 46.1. The lowest BCUT2D eigenvalue weighted by Gasteiger charge is -2.39. The highest BCUT2D eigenvalue weighted by atomic mass is 16.2. The minimum absolute atomic E-state index is 0.0547. The molecule has 0 saturated carbocycles. The highest BCUT2D eigenvalue weighted by Gasteiger charge is 2.34. The first-order valence-electron chi connectivity index (χ1n) is 7.68. The molecule has 1 atom stereocenters. The fourth-order valence-electron chi connectivity index (χ4n) is 2.75. The van der Waals surface area contributed by atoms with Crippen molar-refractivity contribution < 1.29 is 9.59 Å². The molecule has 1 saturated heterocycles. The molecule has 2 heterocycles. The largest absolute Gasteiger partial charge is 0.325 e. The Bertz CT molecular complexity index is 828. The fourth-order valence-corrected chi connectivity index (χ4v) is 2.75. The van der Waals surface area contributed by atoms with E-state index in [2.05, 4.69) is 9.97 Å². The summed E-state index contributed by atoms with van der Waals surface area (Å²) in [5, 5.41) is 0. The molecule has 0 aliphatic carbocycles. The predicted octanol–water partition coefficient (Wildman–Crippen LogP) is 0.956. The number of anilines is 1. The molecule has 0 bridgehead atoms. The molecule has 0 unspecified atom stereocenters. The van der Waals surface area contributed by atoms with E-state index in [4.69, 9.17) is 0 Å². The molecular formula is C17H18N4O3. The third-order valence-electron chi connectivity index (χ3n) is 4.14. The van der Waals surface area contributed by atoms with Crippen LogP contribution in [0.3, 0.4) is 0 Å². The fraction of sp³-hybridized carbons (Fsp3) is 0.294. The third kappa shape index (κ3) is 2.92. The van der Waals surface area contributed by atoms with Gasteiger partial charge in [-0.1, -0.05) is 17.7 Å². The molecule has 1 N–H and O–H groups in total. The van der Waals surface area contributed by atoms with Gasteiger partial charge in [0.25, 0.3) is 11.5 Å². The van der Waals surface area contributed by atoms with E-state index in [1.165, 1.54) is 17.4 Å². The monoisotopic (exact) mass is 326 g/mol. The van der Waals surface area contributed by atoms with Crippen LogP contribution in [0.5, 0.6) is 0 Å². The molecule has 1 aromatic carbocycles. The lowest BCUT2D eigenvalue weighted by Crippen LogP contribution is -2.57. The molecule has 2 amide bonds. The van der Waals surface area contributed by atoms with E-state index in [9.17, 15) is 14.4 Å². The Balaban J connectivity index is 1.82. The van der Waals surface area contributed by atoms with Gasteiger partial charge in [0.15, 0.2) is 0 Å². The first-order valence-corrected chi connectivity index (χ1v) is 7.68. The van der Waals surface area contributed by atoms with Crippen LogP contribution in [0.15, 0.2) is 41.6 Å². The predicted molar refractivity (Wildman–Crippen MR) is 88.9 cm³/mol. The number of hydrogen-bond donors (Lipinski definition) is 1. The SMILES string of the molecule is Cc1ccc(N2C[C@H](C)N(C(=O)c3cnc[nH]c3=O)CC2=O)cc1. The molecule has 3 rings (SSSR count). The Morgan fingerprint density at radius 2 is 1.96 bits per heavy atom. The first kappa shape index (κ1) is 15.9. The van der Waals surface area contributed by atoms with Crippen LogP contribution >= 0.6 is 0 Å². The Morgan fingerprint density at radius 3 is 2.62 bits per heavy atom. The van der Waals surface area contributed by atoms with E-state index in [1.54, 1.807) is 4.90 Å². The van der Waals surface area contributed by atoms with Crippen molar-refractivity contribution in [1.29, 1.82) is 0 Å². The van der Waals surface area contributed by atoms with Gasteiger partial charge in [0.2, 0.25) is 5.91 Å². The summed E-state index contributed by atoms with van der Waals surface area (Å²) in [7, 11) is 0. The first-order chi connectivity index (χ1) is 11.5. The lowest BCUT2D eigenvalue weighted by atomic mass is 10.1. The number of H-pyrrole nitrogens is 1. The van der Waals surface area contributed by atoms with Gasteiger partial charge in [0.1, 0.15) is 12.1 Å². The average Bonchev–Trinajstić information content (AvgIpc) is 2.57. The second-order valence-electron chi connectivity index (χ2n) is 5.92. The normalized spacial score (nSPS) is 17.9. The number of amides is 2. The van der Waals surface area contributed by atoms with E-state index in [0.29, 0.717) is 6.54 Å². The summed E-state index contributed by atoms with van der Waals surface area (Å²) in [6.07, 6.45) is 2.45. The van der Waals surface area contributed by atoms with Crippen LogP contribution in [-0.2, 0) is 4.79 Å². The molecule has 2 aromatic rings. The van der Waals surface area contributed by atoms with Crippen LogP contribution in [0.25, 0.3) is 0 Å². The molecule has 1 aliphatic rings. The van der Waals surface area contributed by atoms with Gasteiger partial charge in [0.05, 0.1) is 6.33 Å². The van der Waals surface area contributed by atoms with Crippen molar-refractivity contribution in [3.63, 3.8) is 0 Å². The number of carbonyl (C=O) groups excluding carboxylic acids is 2. The molecule has 0 radical (unpaired) electrons. The topological polar surface area (TPSA) is 86.4 Å².